The molecule has 1 aromatic heterocycles. The molecule has 0 amide bonds. The Balaban J connectivity index is 1.86. The SMILES string of the molecule is COCC(C)N1CCC(Oc2cccc(F)n2)C1. The highest BCUT2D eigenvalue weighted by Gasteiger charge is 2.27. The van der Waals surface area contributed by atoms with Crippen LogP contribution in [0.2, 0.25) is 0 Å². The van der Waals surface area contributed by atoms with Crippen molar-refractivity contribution in [1.29, 1.82) is 0 Å². The number of hydrogen-bond acceptors (Lipinski definition) is 4. The minimum Gasteiger partial charge on any atom is -0.473 e. The first-order valence-electron chi connectivity index (χ1n) is 6.21. The van der Waals surface area contributed by atoms with Crippen LogP contribution in [0, 0.1) is 5.95 Å². The maximum absolute atomic E-state index is 12.9. The molecule has 1 aromatic rings. The smallest absolute Gasteiger partial charge is 0.216 e. The van der Waals surface area contributed by atoms with Gasteiger partial charge in [0.2, 0.25) is 11.8 Å². The van der Waals surface area contributed by atoms with E-state index in [9.17, 15) is 4.39 Å². The highest BCUT2D eigenvalue weighted by atomic mass is 19.1. The van der Waals surface area contributed by atoms with E-state index in [1.54, 1.807) is 19.2 Å². The van der Waals surface area contributed by atoms with Gasteiger partial charge >= 0.3 is 0 Å². The second kappa shape index (κ2) is 6.11. The van der Waals surface area contributed by atoms with E-state index in [-0.39, 0.29) is 6.10 Å². The monoisotopic (exact) mass is 254 g/mol. The fourth-order valence-corrected chi connectivity index (χ4v) is 2.22. The predicted molar refractivity (Wildman–Crippen MR) is 66.1 cm³/mol. The van der Waals surface area contributed by atoms with Gasteiger partial charge in [0.1, 0.15) is 6.10 Å². The van der Waals surface area contributed by atoms with Crippen molar-refractivity contribution in [3.63, 3.8) is 0 Å². The van der Waals surface area contributed by atoms with Crippen molar-refractivity contribution in [2.75, 3.05) is 26.8 Å². The lowest BCUT2D eigenvalue weighted by atomic mass is 10.3. The molecule has 0 saturated carbocycles. The molecular weight excluding hydrogens is 235 g/mol. The standard InChI is InChI=1S/C13H19FN2O2/c1-10(9-17-2)16-7-6-11(8-16)18-13-5-3-4-12(14)15-13/h3-5,10-11H,6-9H2,1-2H3. The third-order valence-electron chi connectivity index (χ3n) is 3.18. The van der Waals surface area contributed by atoms with Crippen LogP contribution < -0.4 is 4.74 Å². The zero-order valence-corrected chi connectivity index (χ0v) is 10.8. The number of rotatable bonds is 5. The molecule has 0 N–H and O–H groups in total. The maximum Gasteiger partial charge on any atom is 0.216 e. The molecule has 2 heterocycles. The van der Waals surface area contributed by atoms with Gasteiger partial charge in [0.25, 0.3) is 0 Å². The van der Waals surface area contributed by atoms with Gasteiger partial charge in [-0.2, -0.15) is 9.37 Å². The summed E-state index contributed by atoms with van der Waals surface area (Å²) in [5, 5.41) is 0. The average molecular weight is 254 g/mol. The fraction of sp³-hybridized carbons (Fsp3) is 0.615. The maximum atomic E-state index is 12.9. The Morgan fingerprint density at radius 2 is 2.39 bits per heavy atom. The quantitative estimate of drug-likeness (QED) is 0.749. The number of aromatic nitrogens is 1. The molecule has 1 aliphatic rings. The van der Waals surface area contributed by atoms with Gasteiger partial charge in [-0.25, -0.2) is 0 Å². The molecule has 2 atom stereocenters. The highest BCUT2D eigenvalue weighted by molar-refractivity contribution is 5.11. The van der Waals surface area contributed by atoms with Crippen molar-refractivity contribution in [2.24, 2.45) is 0 Å². The van der Waals surface area contributed by atoms with E-state index in [0.29, 0.717) is 18.5 Å². The van der Waals surface area contributed by atoms with E-state index in [1.807, 2.05) is 0 Å². The molecule has 1 aliphatic heterocycles. The summed E-state index contributed by atoms with van der Waals surface area (Å²) in [4.78, 5) is 6.02. The minimum absolute atomic E-state index is 0.0820. The Labute approximate surface area is 107 Å². The van der Waals surface area contributed by atoms with Crippen molar-refractivity contribution < 1.29 is 13.9 Å². The van der Waals surface area contributed by atoms with Crippen LogP contribution in [0.25, 0.3) is 0 Å². The Bertz CT molecular complexity index is 389. The number of halogens is 1. The van der Waals surface area contributed by atoms with Crippen molar-refractivity contribution in [3.05, 3.63) is 24.1 Å². The second-order valence-electron chi connectivity index (χ2n) is 4.63. The third-order valence-corrected chi connectivity index (χ3v) is 3.18. The lowest BCUT2D eigenvalue weighted by Gasteiger charge is -2.23. The number of hydrogen-bond donors (Lipinski definition) is 0. The molecular formula is C13H19FN2O2. The lowest BCUT2D eigenvalue weighted by molar-refractivity contribution is 0.104. The number of ether oxygens (including phenoxy) is 2. The molecule has 0 radical (unpaired) electrons. The molecule has 4 nitrogen and oxygen atoms in total. The average Bonchev–Trinajstić information content (AvgIpc) is 2.78. The van der Waals surface area contributed by atoms with Gasteiger partial charge in [0, 0.05) is 32.3 Å². The summed E-state index contributed by atoms with van der Waals surface area (Å²) in [6, 6.07) is 4.99. The van der Waals surface area contributed by atoms with E-state index in [1.165, 1.54) is 6.07 Å². The Morgan fingerprint density at radius 1 is 1.56 bits per heavy atom. The Hall–Kier alpha value is -1.20. The van der Waals surface area contributed by atoms with Crippen LogP contribution in [-0.4, -0.2) is 48.8 Å². The largest absolute Gasteiger partial charge is 0.473 e. The van der Waals surface area contributed by atoms with Crippen LogP contribution in [0.1, 0.15) is 13.3 Å². The van der Waals surface area contributed by atoms with Crippen molar-refractivity contribution in [3.8, 4) is 5.88 Å². The topological polar surface area (TPSA) is 34.6 Å². The van der Waals surface area contributed by atoms with E-state index >= 15 is 0 Å². The van der Waals surface area contributed by atoms with E-state index in [2.05, 4.69) is 16.8 Å². The first-order chi connectivity index (χ1) is 8.69. The molecule has 18 heavy (non-hydrogen) atoms. The van der Waals surface area contributed by atoms with Crippen LogP contribution in [0.4, 0.5) is 4.39 Å². The first-order valence-corrected chi connectivity index (χ1v) is 6.21. The number of pyridine rings is 1. The van der Waals surface area contributed by atoms with Gasteiger partial charge in [-0.15, -0.1) is 0 Å². The highest BCUT2D eigenvalue weighted by Crippen LogP contribution is 2.18. The molecule has 1 saturated heterocycles. The third kappa shape index (κ3) is 3.40. The summed E-state index contributed by atoms with van der Waals surface area (Å²) in [7, 11) is 1.71. The Morgan fingerprint density at radius 3 is 3.11 bits per heavy atom. The van der Waals surface area contributed by atoms with Crippen LogP contribution in [-0.2, 0) is 4.74 Å². The lowest BCUT2D eigenvalue weighted by Crippen LogP contribution is -2.35. The summed E-state index contributed by atoms with van der Waals surface area (Å²) < 4.78 is 23.8. The number of nitrogens with zero attached hydrogens (tertiary/aromatic N) is 2. The molecule has 0 spiro atoms. The van der Waals surface area contributed by atoms with E-state index < -0.39 is 5.95 Å². The van der Waals surface area contributed by atoms with Gasteiger partial charge in [-0.05, 0) is 19.4 Å². The summed E-state index contributed by atoms with van der Waals surface area (Å²) >= 11 is 0. The normalized spacial score (nSPS) is 22.1. The number of likely N-dealkylation sites (tertiary alicyclic amines) is 1. The van der Waals surface area contributed by atoms with Crippen LogP contribution in [0.15, 0.2) is 18.2 Å². The van der Waals surface area contributed by atoms with Gasteiger partial charge in [-0.3, -0.25) is 4.90 Å². The van der Waals surface area contributed by atoms with Crippen LogP contribution >= 0.6 is 0 Å². The summed E-state index contributed by atoms with van der Waals surface area (Å²) in [5.74, 6) is -0.142. The van der Waals surface area contributed by atoms with Gasteiger partial charge < -0.3 is 9.47 Å². The molecule has 0 bridgehead atoms. The van der Waals surface area contributed by atoms with Crippen LogP contribution in [0.5, 0.6) is 5.88 Å². The summed E-state index contributed by atoms with van der Waals surface area (Å²) in [6.45, 7) is 4.66. The zero-order valence-electron chi connectivity index (χ0n) is 10.8. The molecule has 1 fully saturated rings. The van der Waals surface area contributed by atoms with Gasteiger partial charge in [0.05, 0.1) is 6.61 Å². The summed E-state index contributed by atoms with van der Waals surface area (Å²) in [6.07, 6.45) is 1.02. The van der Waals surface area contributed by atoms with Gasteiger partial charge in [0.15, 0.2) is 0 Å². The van der Waals surface area contributed by atoms with Crippen LogP contribution in [0.3, 0.4) is 0 Å². The molecule has 5 heteroatoms. The Kier molecular flexibility index (Phi) is 4.49. The van der Waals surface area contributed by atoms with Crippen molar-refractivity contribution >= 4 is 0 Å². The molecule has 0 aromatic carbocycles. The zero-order chi connectivity index (χ0) is 13.0. The summed E-state index contributed by atoms with van der Waals surface area (Å²) in [5.41, 5.74) is 0. The second-order valence-corrected chi connectivity index (χ2v) is 4.63. The van der Waals surface area contributed by atoms with Crippen molar-refractivity contribution in [2.45, 2.75) is 25.5 Å². The molecule has 2 unspecified atom stereocenters. The van der Waals surface area contributed by atoms with Gasteiger partial charge in [-0.1, -0.05) is 6.07 Å². The molecule has 2 rings (SSSR count). The fourth-order valence-electron chi connectivity index (χ4n) is 2.22. The van der Waals surface area contributed by atoms with Crippen molar-refractivity contribution in [1.82, 2.24) is 9.88 Å². The predicted octanol–water partition coefficient (Wildman–Crippen LogP) is 1.71. The molecule has 0 aliphatic carbocycles. The van der Waals surface area contributed by atoms with E-state index in [4.69, 9.17) is 9.47 Å². The minimum atomic E-state index is -0.505. The van der Waals surface area contributed by atoms with E-state index in [0.717, 1.165) is 19.5 Å². The number of methoxy groups -OCH3 is 1. The molecule has 100 valence electrons. The first kappa shape index (κ1) is 13.2.